The van der Waals surface area contributed by atoms with Crippen molar-refractivity contribution >= 4 is 11.5 Å². The molecule has 0 unspecified atom stereocenters. The molecule has 96 valence electrons. The molecule has 0 aliphatic heterocycles. The lowest BCUT2D eigenvalue weighted by Gasteiger charge is -2.47. The number of hydrogen-bond acceptors (Lipinski definition) is 6. The Bertz CT molecular complexity index is 543. The topological polar surface area (TPSA) is 71.2 Å². The van der Waals surface area contributed by atoms with Gasteiger partial charge in [0.15, 0.2) is 5.65 Å². The number of fused-ring (bicyclic) bond motifs is 1. The van der Waals surface area contributed by atoms with Crippen LogP contribution in [0.15, 0.2) is 12.1 Å². The second-order valence-electron chi connectivity index (χ2n) is 5.07. The van der Waals surface area contributed by atoms with Crippen molar-refractivity contribution in [2.75, 3.05) is 26.0 Å². The first-order valence-electron chi connectivity index (χ1n) is 6.16. The SMILES string of the molecule is CN(C)C1(CNc2ccc3nnnn3n2)CCC1. The maximum absolute atomic E-state index is 4.31. The molecule has 0 atom stereocenters. The van der Waals surface area contributed by atoms with Gasteiger partial charge in [-0.05, 0) is 55.9 Å². The van der Waals surface area contributed by atoms with E-state index < -0.39 is 0 Å². The largest absolute Gasteiger partial charge is 0.367 e. The predicted octanol–water partition coefficient (Wildman–Crippen LogP) is 0.415. The van der Waals surface area contributed by atoms with E-state index in [0.29, 0.717) is 5.65 Å². The number of rotatable bonds is 4. The van der Waals surface area contributed by atoms with Crippen LogP contribution in [0, 0.1) is 0 Å². The average molecular weight is 247 g/mol. The van der Waals surface area contributed by atoms with Crippen LogP contribution < -0.4 is 5.32 Å². The molecule has 0 spiro atoms. The van der Waals surface area contributed by atoms with E-state index >= 15 is 0 Å². The van der Waals surface area contributed by atoms with Gasteiger partial charge in [0.05, 0.1) is 0 Å². The molecule has 7 nitrogen and oxygen atoms in total. The van der Waals surface area contributed by atoms with E-state index in [9.17, 15) is 0 Å². The fourth-order valence-corrected chi connectivity index (χ4v) is 2.37. The van der Waals surface area contributed by atoms with Gasteiger partial charge >= 0.3 is 0 Å². The van der Waals surface area contributed by atoms with Gasteiger partial charge in [-0.25, -0.2) is 0 Å². The van der Waals surface area contributed by atoms with Crippen molar-refractivity contribution in [3.05, 3.63) is 12.1 Å². The van der Waals surface area contributed by atoms with Gasteiger partial charge in [0.2, 0.25) is 0 Å². The summed E-state index contributed by atoms with van der Waals surface area (Å²) in [5.41, 5.74) is 0.934. The second kappa shape index (κ2) is 4.16. The van der Waals surface area contributed by atoms with Crippen LogP contribution in [0.2, 0.25) is 0 Å². The van der Waals surface area contributed by atoms with Gasteiger partial charge in [0, 0.05) is 12.1 Å². The molecule has 2 aromatic heterocycles. The summed E-state index contributed by atoms with van der Waals surface area (Å²) in [6, 6.07) is 3.77. The Balaban J connectivity index is 1.72. The van der Waals surface area contributed by atoms with Gasteiger partial charge in [-0.3, -0.25) is 0 Å². The van der Waals surface area contributed by atoms with E-state index in [1.165, 1.54) is 23.9 Å². The summed E-state index contributed by atoms with van der Waals surface area (Å²) < 4.78 is 1.44. The monoisotopic (exact) mass is 247 g/mol. The van der Waals surface area contributed by atoms with Crippen molar-refractivity contribution in [1.29, 1.82) is 0 Å². The summed E-state index contributed by atoms with van der Waals surface area (Å²) in [5, 5.41) is 18.9. The number of hydrogen-bond donors (Lipinski definition) is 1. The molecule has 0 saturated heterocycles. The number of tetrazole rings is 1. The van der Waals surface area contributed by atoms with Crippen LogP contribution in [0.4, 0.5) is 5.82 Å². The van der Waals surface area contributed by atoms with Crippen LogP contribution >= 0.6 is 0 Å². The lowest BCUT2D eigenvalue weighted by molar-refractivity contribution is 0.0738. The number of anilines is 1. The molecule has 1 N–H and O–H groups in total. The summed E-state index contributed by atoms with van der Waals surface area (Å²) in [7, 11) is 4.28. The molecule has 1 aliphatic carbocycles. The molecule has 0 radical (unpaired) electrons. The Morgan fingerprint density at radius 3 is 2.89 bits per heavy atom. The van der Waals surface area contributed by atoms with Gasteiger partial charge in [-0.2, -0.15) is 0 Å². The fourth-order valence-electron chi connectivity index (χ4n) is 2.37. The quantitative estimate of drug-likeness (QED) is 0.844. The summed E-state index contributed by atoms with van der Waals surface area (Å²) in [6.45, 7) is 0.903. The third-order valence-corrected chi connectivity index (χ3v) is 3.90. The molecule has 0 amide bonds. The molecule has 0 bridgehead atoms. The Hall–Kier alpha value is -1.76. The standard InChI is InChI=1S/C11H17N7/c1-17(2)11(6-3-7-11)8-12-9-4-5-10-13-15-16-18(10)14-9/h4-5H,3,6-8H2,1-2H3,(H,12,14). The maximum atomic E-state index is 4.31. The molecule has 1 fully saturated rings. The van der Waals surface area contributed by atoms with E-state index in [0.717, 1.165) is 12.4 Å². The first kappa shape index (κ1) is 11.3. The highest BCUT2D eigenvalue weighted by Gasteiger charge is 2.38. The van der Waals surface area contributed by atoms with Gasteiger partial charge in [-0.1, -0.05) is 0 Å². The Kier molecular flexibility index (Phi) is 2.62. The molecule has 18 heavy (non-hydrogen) atoms. The average Bonchev–Trinajstić information content (AvgIpc) is 2.74. The van der Waals surface area contributed by atoms with E-state index in [2.05, 4.69) is 44.9 Å². The minimum absolute atomic E-state index is 0.275. The zero-order valence-corrected chi connectivity index (χ0v) is 10.7. The summed E-state index contributed by atoms with van der Waals surface area (Å²) >= 11 is 0. The molecule has 1 saturated carbocycles. The van der Waals surface area contributed by atoms with Crippen LogP contribution in [0.25, 0.3) is 5.65 Å². The van der Waals surface area contributed by atoms with Crippen LogP contribution in [0.1, 0.15) is 19.3 Å². The summed E-state index contributed by atoms with van der Waals surface area (Å²) in [4.78, 5) is 2.30. The van der Waals surface area contributed by atoms with E-state index in [-0.39, 0.29) is 5.54 Å². The van der Waals surface area contributed by atoms with Crippen molar-refractivity contribution in [2.24, 2.45) is 0 Å². The van der Waals surface area contributed by atoms with E-state index in [4.69, 9.17) is 0 Å². The smallest absolute Gasteiger partial charge is 0.200 e. The Morgan fingerprint density at radius 2 is 2.22 bits per heavy atom. The highest BCUT2D eigenvalue weighted by molar-refractivity contribution is 5.42. The molecule has 1 aliphatic rings. The van der Waals surface area contributed by atoms with Gasteiger partial charge in [0.1, 0.15) is 5.82 Å². The number of nitrogens with zero attached hydrogens (tertiary/aromatic N) is 6. The zero-order chi connectivity index (χ0) is 12.6. The minimum atomic E-state index is 0.275. The third kappa shape index (κ3) is 1.80. The summed E-state index contributed by atoms with van der Waals surface area (Å²) in [5.74, 6) is 0.808. The first-order chi connectivity index (χ1) is 8.70. The van der Waals surface area contributed by atoms with E-state index in [1.807, 2.05) is 12.1 Å². The zero-order valence-electron chi connectivity index (χ0n) is 10.7. The van der Waals surface area contributed by atoms with Crippen molar-refractivity contribution in [3.8, 4) is 0 Å². The van der Waals surface area contributed by atoms with Crippen LogP contribution in [0.3, 0.4) is 0 Å². The predicted molar refractivity (Wildman–Crippen MR) is 67.3 cm³/mol. The van der Waals surface area contributed by atoms with Crippen LogP contribution in [-0.2, 0) is 0 Å². The van der Waals surface area contributed by atoms with E-state index in [1.54, 1.807) is 0 Å². The van der Waals surface area contributed by atoms with Gasteiger partial charge < -0.3 is 10.2 Å². The number of nitrogens with one attached hydrogen (secondary N) is 1. The Labute approximate surface area is 105 Å². The highest BCUT2D eigenvalue weighted by Crippen LogP contribution is 2.36. The molecule has 2 heterocycles. The lowest BCUT2D eigenvalue weighted by Crippen LogP contribution is -2.54. The fraction of sp³-hybridized carbons (Fsp3) is 0.636. The molecule has 2 aromatic rings. The molecule has 3 rings (SSSR count). The second-order valence-corrected chi connectivity index (χ2v) is 5.07. The number of likely N-dealkylation sites (N-methyl/N-ethyl adjacent to an activating group) is 1. The molecule has 7 heteroatoms. The minimum Gasteiger partial charge on any atom is -0.367 e. The van der Waals surface area contributed by atoms with Crippen LogP contribution in [-0.4, -0.2) is 56.3 Å². The molecule has 0 aromatic carbocycles. The van der Waals surface area contributed by atoms with Gasteiger partial charge in [-0.15, -0.1) is 14.8 Å². The van der Waals surface area contributed by atoms with Crippen molar-refractivity contribution in [1.82, 2.24) is 30.2 Å². The molecular weight excluding hydrogens is 230 g/mol. The van der Waals surface area contributed by atoms with Crippen molar-refractivity contribution in [3.63, 3.8) is 0 Å². The number of aromatic nitrogens is 5. The maximum Gasteiger partial charge on any atom is 0.200 e. The third-order valence-electron chi connectivity index (χ3n) is 3.90. The van der Waals surface area contributed by atoms with Crippen molar-refractivity contribution in [2.45, 2.75) is 24.8 Å². The first-order valence-corrected chi connectivity index (χ1v) is 6.16. The Morgan fingerprint density at radius 1 is 1.39 bits per heavy atom. The van der Waals surface area contributed by atoms with Gasteiger partial charge in [0.25, 0.3) is 0 Å². The van der Waals surface area contributed by atoms with Crippen molar-refractivity contribution < 1.29 is 0 Å². The summed E-state index contributed by atoms with van der Waals surface area (Å²) in [6.07, 6.45) is 3.78. The van der Waals surface area contributed by atoms with Crippen LogP contribution in [0.5, 0.6) is 0 Å². The molecular formula is C11H17N7. The highest BCUT2D eigenvalue weighted by atomic mass is 15.6. The normalized spacial score (nSPS) is 17.9. The lowest BCUT2D eigenvalue weighted by atomic mass is 9.75.